The molecule has 0 saturated carbocycles. The molecule has 3 aromatic rings. The first-order valence-corrected chi connectivity index (χ1v) is 9.68. The summed E-state index contributed by atoms with van der Waals surface area (Å²) in [5.74, 6) is -0.335. The lowest BCUT2D eigenvalue weighted by Crippen LogP contribution is -2.38. The van der Waals surface area contributed by atoms with Gasteiger partial charge in [0.05, 0.1) is 11.4 Å². The fourth-order valence-electron chi connectivity index (χ4n) is 2.96. The molecule has 0 fully saturated rings. The summed E-state index contributed by atoms with van der Waals surface area (Å²) in [4.78, 5) is 21.1. The summed E-state index contributed by atoms with van der Waals surface area (Å²) in [6.07, 6.45) is 7.94. The minimum atomic E-state index is -3.88. The number of carbonyl (C=O) groups is 1. The zero-order valence-electron chi connectivity index (χ0n) is 14.2. The van der Waals surface area contributed by atoms with Crippen molar-refractivity contribution in [1.82, 2.24) is 14.3 Å². The number of pyridine rings is 2. The topological polar surface area (TPSA) is 80.2 Å². The van der Waals surface area contributed by atoms with Crippen molar-refractivity contribution >= 4 is 21.9 Å². The van der Waals surface area contributed by atoms with E-state index in [-0.39, 0.29) is 28.5 Å². The third kappa shape index (κ3) is 3.13. The molecule has 4 rings (SSSR count). The van der Waals surface area contributed by atoms with Gasteiger partial charge in [0.1, 0.15) is 5.70 Å². The third-order valence-corrected chi connectivity index (χ3v) is 6.08. The SMILES string of the molecule is O=C1C(=Cc2cccnc2)N(Cc2ccncc2)S(=O)(=O)c2ccccc21. The van der Waals surface area contributed by atoms with E-state index in [2.05, 4.69) is 9.97 Å². The number of fused-ring (bicyclic) bond motifs is 1. The molecular weight excluding hydrogens is 362 g/mol. The number of carbonyl (C=O) groups excluding carboxylic acids is 1. The van der Waals surface area contributed by atoms with Crippen molar-refractivity contribution in [1.29, 1.82) is 0 Å². The molecule has 0 atom stereocenters. The van der Waals surface area contributed by atoms with Gasteiger partial charge >= 0.3 is 0 Å². The highest BCUT2D eigenvalue weighted by molar-refractivity contribution is 7.89. The number of benzene rings is 1. The smallest absolute Gasteiger partial charge is 0.265 e. The van der Waals surface area contributed by atoms with Gasteiger partial charge in [-0.3, -0.25) is 19.1 Å². The van der Waals surface area contributed by atoms with Crippen molar-refractivity contribution in [3.8, 4) is 0 Å². The number of aromatic nitrogens is 2. The Hall–Kier alpha value is -3.32. The molecule has 7 heteroatoms. The normalized spacial score (nSPS) is 17.0. The Bertz CT molecular complexity index is 1130. The van der Waals surface area contributed by atoms with E-state index in [1.165, 1.54) is 12.1 Å². The molecule has 1 aliphatic heterocycles. The fraction of sp³-hybridized carbons (Fsp3) is 0.0500. The number of sulfonamides is 1. The van der Waals surface area contributed by atoms with E-state index >= 15 is 0 Å². The Labute approximate surface area is 156 Å². The van der Waals surface area contributed by atoms with Crippen LogP contribution in [0.3, 0.4) is 0 Å². The molecule has 2 aromatic heterocycles. The number of rotatable bonds is 3. The lowest BCUT2D eigenvalue weighted by Gasteiger charge is -2.31. The average Bonchev–Trinajstić information content (AvgIpc) is 2.71. The van der Waals surface area contributed by atoms with Crippen LogP contribution in [-0.2, 0) is 16.6 Å². The number of Topliss-reactive ketones (excluding diaryl/α,β-unsaturated/α-hetero) is 1. The van der Waals surface area contributed by atoms with Gasteiger partial charge < -0.3 is 0 Å². The second-order valence-electron chi connectivity index (χ2n) is 6.01. The number of hydrogen-bond donors (Lipinski definition) is 0. The molecular formula is C20H15N3O3S. The number of allylic oxidation sites excluding steroid dienone is 1. The largest absolute Gasteiger partial charge is 0.287 e. The first kappa shape index (κ1) is 17.1. The molecule has 134 valence electrons. The van der Waals surface area contributed by atoms with Crippen molar-refractivity contribution < 1.29 is 13.2 Å². The second kappa shape index (κ2) is 6.77. The lowest BCUT2D eigenvalue weighted by atomic mass is 10.1. The Balaban J connectivity index is 1.91. The van der Waals surface area contributed by atoms with Crippen molar-refractivity contribution in [3.63, 3.8) is 0 Å². The molecule has 6 nitrogen and oxygen atoms in total. The highest BCUT2D eigenvalue weighted by atomic mass is 32.2. The number of ketones is 1. The first-order chi connectivity index (χ1) is 13.1. The van der Waals surface area contributed by atoms with Gasteiger partial charge in [-0.05, 0) is 47.5 Å². The zero-order valence-corrected chi connectivity index (χ0v) is 15.0. The Morgan fingerprint density at radius 2 is 1.70 bits per heavy atom. The van der Waals surface area contributed by atoms with Gasteiger partial charge in [0.15, 0.2) is 0 Å². The maximum absolute atomic E-state index is 13.3. The molecule has 0 radical (unpaired) electrons. The second-order valence-corrected chi connectivity index (χ2v) is 7.84. The van der Waals surface area contributed by atoms with E-state index in [4.69, 9.17) is 0 Å². The molecule has 0 saturated heterocycles. The summed E-state index contributed by atoms with van der Waals surface area (Å²) in [6, 6.07) is 13.2. The summed E-state index contributed by atoms with van der Waals surface area (Å²) in [5, 5.41) is 0. The Morgan fingerprint density at radius 3 is 2.44 bits per heavy atom. The van der Waals surface area contributed by atoms with Crippen LogP contribution in [-0.4, -0.2) is 28.5 Å². The number of hydrogen-bond acceptors (Lipinski definition) is 5. The van der Waals surface area contributed by atoms with Crippen LogP contribution in [0.2, 0.25) is 0 Å². The first-order valence-electron chi connectivity index (χ1n) is 8.24. The monoisotopic (exact) mass is 377 g/mol. The van der Waals surface area contributed by atoms with Crippen LogP contribution < -0.4 is 0 Å². The van der Waals surface area contributed by atoms with Crippen LogP contribution in [0.25, 0.3) is 6.08 Å². The summed E-state index contributed by atoms with van der Waals surface area (Å²) in [7, 11) is -3.88. The van der Waals surface area contributed by atoms with E-state index in [0.29, 0.717) is 5.56 Å². The number of nitrogens with zero attached hydrogens (tertiary/aromatic N) is 3. The molecule has 0 amide bonds. The van der Waals surface area contributed by atoms with Gasteiger partial charge in [0, 0.05) is 30.4 Å². The zero-order chi connectivity index (χ0) is 18.9. The summed E-state index contributed by atoms with van der Waals surface area (Å²) >= 11 is 0. The Morgan fingerprint density at radius 1 is 0.926 bits per heavy atom. The van der Waals surface area contributed by atoms with E-state index < -0.39 is 10.0 Å². The molecule has 0 bridgehead atoms. The van der Waals surface area contributed by atoms with Crippen LogP contribution in [0.4, 0.5) is 0 Å². The molecule has 27 heavy (non-hydrogen) atoms. The van der Waals surface area contributed by atoms with Gasteiger partial charge in [0.25, 0.3) is 10.0 Å². The minimum Gasteiger partial charge on any atom is -0.287 e. The van der Waals surface area contributed by atoms with Crippen molar-refractivity contribution in [3.05, 3.63) is 95.7 Å². The summed E-state index contributed by atoms with van der Waals surface area (Å²) in [5.41, 5.74) is 1.66. The quantitative estimate of drug-likeness (QED) is 0.656. The van der Waals surface area contributed by atoms with E-state index in [1.807, 2.05) is 0 Å². The van der Waals surface area contributed by atoms with Crippen molar-refractivity contribution in [2.45, 2.75) is 11.4 Å². The maximum Gasteiger partial charge on any atom is 0.265 e. The lowest BCUT2D eigenvalue weighted by molar-refractivity contribution is 0.100. The van der Waals surface area contributed by atoms with Gasteiger partial charge in [-0.2, -0.15) is 0 Å². The molecule has 0 spiro atoms. The van der Waals surface area contributed by atoms with Gasteiger partial charge in [-0.25, -0.2) is 8.42 Å². The van der Waals surface area contributed by atoms with E-state index in [1.54, 1.807) is 67.3 Å². The van der Waals surface area contributed by atoms with E-state index in [9.17, 15) is 13.2 Å². The van der Waals surface area contributed by atoms with Crippen LogP contribution in [0.1, 0.15) is 21.5 Å². The average molecular weight is 377 g/mol. The highest BCUT2D eigenvalue weighted by Gasteiger charge is 2.39. The summed E-state index contributed by atoms with van der Waals surface area (Å²) < 4.78 is 27.7. The predicted molar refractivity (Wildman–Crippen MR) is 100.0 cm³/mol. The fourth-order valence-corrected chi connectivity index (χ4v) is 4.60. The Kier molecular flexibility index (Phi) is 4.29. The van der Waals surface area contributed by atoms with Crippen molar-refractivity contribution in [2.24, 2.45) is 0 Å². The van der Waals surface area contributed by atoms with Gasteiger partial charge in [-0.15, -0.1) is 0 Å². The molecule has 0 unspecified atom stereocenters. The third-order valence-electron chi connectivity index (χ3n) is 4.26. The molecule has 3 heterocycles. The predicted octanol–water partition coefficient (Wildman–Crippen LogP) is 2.90. The van der Waals surface area contributed by atoms with E-state index in [0.717, 1.165) is 9.87 Å². The summed E-state index contributed by atoms with van der Waals surface area (Å²) in [6.45, 7) is 0.0387. The standard InChI is InChI=1S/C20H15N3O3S/c24-20-17-5-1-2-6-19(17)27(25,26)23(14-15-7-10-21-11-8-15)18(20)12-16-4-3-9-22-13-16/h1-13H,14H2. The minimum absolute atomic E-state index is 0.0207. The molecule has 0 N–H and O–H groups in total. The molecule has 1 aromatic carbocycles. The van der Waals surface area contributed by atoms with Crippen LogP contribution in [0, 0.1) is 0 Å². The van der Waals surface area contributed by atoms with Crippen LogP contribution in [0.15, 0.2) is 83.9 Å². The van der Waals surface area contributed by atoms with Crippen molar-refractivity contribution in [2.75, 3.05) is 0 Å². The highest BCUT2D eigenvalue weighted by Crippen LogP contribution is 2.34. The van der Waals surface area contributed by atoms with Gasteiger partial charge in [0.2, 0.25) is 5.78 Å². The van der Waals surface area contributed by atoms with Crippen LogP contribution in [0.5, 0.6) is 0 Å². The van der Waals surface area contributed by atoms with Gasteiger partial charge in [-0.1, -0.05) is 18.2 Å². The molecule has 1 aliphatic rings. The molecule has 0 aliphatic carbocycles. The van der Waals surface area contributed by atoms with Crippen LogP contribution >= 0.6 is 0 Å². The maximum atomic E-state index is 13.3.